The van der Waals surface area contributed by atoms with Crippen LogP contribution >= 0.6 is 0 Å². The molecule has 0 fully saturated rings. The summed E-state index contributed by atoms with van der Waals surface area (Å²) >= 11 is 0. The summed E-state index contributed by atoms with van der Waals surface area (Å²) in [5.74, 6) is 0.386. The van der Waals surface area contributed by atoms with Gasteiger partial charge >= 0.3 is 0 Å². The molecule has 164 valence electrons. The van der Waals surface area contributed by atoms with Crippen molar-refractivity contribution in [2.45, 2.75) is 6.42 Å². The second kappa shape index (κ2) is 9.97. The molecule has 0 radical (unpaired) electrons. The Labute approximate surface area is 180 Å². The number of rotatable bonds is 7. The van der Waals surface area contributed by atoms with Crippen molar-refractivity contribution in [2.24, 2.45) is 0 Å². The maximum absolute atomic E-state index is 13.7. The third-order valence-electron chi connectivity index (χ3n) is 5.12. The predicted molar refractivity (Wildman–Crippen MR) is 114 cm³/mol. The van der Waals surface area contributed by atoms with Gasteiger partial charge in [-0.2, -0.15) is 0 Å². The van der Waals surface area contributed by atoms with E-state index in [0.717, 1.165) is 11.1 Å². The second-order valence-electron chi connectivity index (χ2n) is 6.89. The molecule has 0 saturated carbocycles. The highest BCUT2D eigenvalue weighted by molar-refractivity contribution is 5.96. The van der Waals surface area contributed by atoms with E-state index in [1.165, 1.54) is 18.2 Å². The number of benzene rings is 2. The van der Waals surface area contributed by atoms with Gasteiger partial charge in [0.05, 0.1) is 39.0 Å². The monoisotopic (exact) mass is 428 g/mol. The minimum atomic E-state index is -0.625. The number of carbonyl (C=O) groups is 2. The third kappa shape index (κ3) is 4.96. The highest BCUT2D eigenvalue weighted by atomic mass is 19.1. The topological polar surface area (TPSA) is 77.1 Å². The van der Waals surface area contributed by atoms with Crippen LogP contribution in [0.25, 0.3) is 5.57 Å². The van der Waals surface area contributed by atoms with Crippen LogP contribution in [0.15, 0.2) is 42.5 Å². The van der Waals surface area contributed by atoms with Crippen LogP contribution < -0.4 is 19.5 Å². The van der Waals surface area contributed by atoms with Crippen molar-refractivity contribution in [2.75, 3.05) is 41.0 Å². The number of nitrogens with one attached hydrogen (secondary N) is 1. The number of amides is 2. The average Bonchev–Trinajstić information content (AvgIpc) is 2.81. The Morgan fingerprint density at radius 3 is 2.29 bits per heavy atom. The quantitative estimate of drug-likeness (QED) is 0.734. The Kier molecular flexibility index (Phi) is 7.12. The lowest BCUT2D eigenvalue weighted by Gasteiger charge is -2.28. The fourth-order valence-electron chi connectivity index (χ4n) is 3.45. The lowest BCUT2D eigenvalue weighted by Crippen LogP contribution is -2.42. The molecule has 2 aromatic rings. The molecule has 31 heavy (non-hydrogen) atoms. The van der Waals surface area contributed by atoms with Crippen LogP contribution in [0.1, 0.15) is 22.3 Å². The van der Waals surface area contributed by atoms with Crippen molar-refractivity contribution < 1.29 is 28.2 Å². The molecular weight excluding hydrogens is 403 g/mol. The fourth-order valence-corrected chi connectivity index (χ4v) is 3.45. The molecule has 2 aromatic carbocycles. The molecule has 1 heterocycles. The molecule has 3 rings (SSSR count). The van der Waals surface area contributed by atoms with Crippen molar-refractivity contribution >= 4 is 17.4 Å². The van der Waals surface area contributed by atoms with Crippen molar-refractivity contribution in [3.05, 3.63) is 59.4 Å². The van der Waals surface area contributed by atoms with Gasteiger partial charge < -0.3 is 24.4 Å². The van der Waals surface area contributed by atoms with E-state index in [4.69, 9.17) is 14.2 Å². The molecule has 7 nitrogen and oxygen atoms in total. The van der Waals surface area contributed by atoms with Gasteiger partial charge in [-0.25, -0.2) is 4.39 Å². The molecule has 0 unspecified atom stereocenters. The summed E-state index contributed by atoms with van der Waals surface area (Å²) in [4.78, 5) is 26.3. The molecule has 0 bridgehead atoms. The summed E-state index contributed by atoms with van der Waals surface area (Å²) < 4.78 is 30.0. The molecular formula is C23H25FN2O5. The lowest BCUT2D eigenvalue weighted by atomic mass is 9.97. The van der Waals surface area contributed by atoms with Crippen molar-refractivity contribution in [1.82, 2.24) is 10.2 Å². The molecule has 0 aromatic heterocycles. The van der Waals surface area contributed by atoms with Gasteiger partial charge in [-0.1, -0.05) is 18.2 Å². The number of methoxy groups -OCH3 is 3. The maximum Gasteiger partial charge on any atom is 0.254 e. The fraction of sp³-hybridized carbons (Fsp3) is 0.304. The Balaban J connectivity index is 1.67. The second-order valence-corrected chi connectivity index (χ2v) is 6.89. The smallest absolute Gasteiger partial charge is 0.254 e. The molecule has 1 aliphatic heterocycles. The molecule has 0 saturated heterocycles. The highest BCUT2D eigenvalue weighted by Crippen LogP contribution is 2.40. The predicted octanol–water partition coefficient (Wildman–Crippen LogP) is 2.90. The number of carbonyl (C=O) groups excluding carboxylic acids is 2. The zero-order chi connectivity index (χ0) is 22.4. The van der Waals surface area contributed by atoms with E-state index in [-0.39, 0.29) is 18.0 Å². The lowest BCUT2D eigenvalue weighted by molar-refractivity contribution is -0.129. The minimum absolute atomic E-state index is 0.0881. The largest absolute Gasteiger partial charge is 0.496 e. The summed E-state index contributed by atoms with van der Waals surface area (Å²) in [5.41, 5.74) is 1.73. The van der Waals surface area contributed by atoms with Gasteiger partial charge in [-0.3, -0.25) is 9.59 Å². The Bertz CT molecular complexity index is 980. The van der Waals surface area contributed by atoms with Gasteiger partial charge in [-0.05, 0) is 24.1 Å². The van der Waals surface area contributed by atoms with E-state index in [9.17, 15) is 14.0 Å². The molecule has 1 N–H and O–H groups in total. The summed E-state index contributed by atoms with van der Waals surface area (Å²) in [7, 11) is 4.73. The van der Waals surface area contributed by atoms with Gasteiger partial charge in [0, 0.05) is 25.2 Å². The first-order valence-electron chi connectivity index (χ1n) is 9.78. The molecule has 8 heteroatoms. The van der Waals surface area contributed by atoms with E-state index < -0.39 is 11.7 Å². The first kappa shape index (κ1) is 22.1. The number of hydrogen-bond donors (Lipinski definition) is 1. The zero-order valence-electron chi connectivity index (χ0n) is 17.7. The number of nitrogens with zero attached hydrogens (tertiary/aromatic N) is 1. The minimum Gasteiger partial charge on any atom is -0.496 e. The zero-order valence-corrected chi connectivity index (χ0v) is 17.7. The van der Waals surface area contributed by atoms with Crippen LogP contribution in [0.2, 0.25) is 0 Å². The van der Waals surface area contributed by atoms with Crippen LogP contribution in [0.3, 0.4) is 0 Å². The van der Waals surface area contributed by atoms with Gasteiger partial charge in [-0.15, -0.1) is 0 Å². The van der Waals surface area contributed by atoms with Crippen molar-refractivity contribution in [1.29, 1.82) is 0 Å². The first-order chi connectivity index (χ1) is 15.0. The average molecular weight is 428 g/mol. The number of hydrogen-bond acceptors (Lipinski definition) is 5. The van der Waals surface area contributed by atoms with E-state index in [2.05, 4.69) is 5.32 Å². The van der Waals surface area contributed by atoms with E-state index >= 15 is 0 Å². The highest BCUT2D eigenvalue weighted by Gasteiger charge is 2.23. The Morgan fingerprint density at radius 2 is 1.74 bits per heavy atom. The van der Waals surface area contributed by atoms with E-state index in [1.54, 1.807) is 44.4 Å². The van der Waals surface area contributed by atoms with Gasteiger partial charge in [0.1, 0.15) is 23.1 Å². The van der Waals surface area contributed by atoms with E-state index in [0.29, 0.717) is 36.8 Å². The Morgan fingerprint density at radius 1 is 1.06 bits per heavy atom. The number of ether oxygens (including phenoxy) is 3. The van der Waals surface area contributed by atoms with Crippen molar-refractivity contribution in [3.63, 3.8) is 0 Å². The van der Waals surface area contributed by atoms with Crippen LogP contribution in [0, 0.1) is 5.82 Å². The van der Waals surface area contributed by atoms with E-state index in [1.807, 2.05) is 6.08 Å². The summed E-state index contributed by atoms with van der Waals surface area (Å²) in [6.07, 6.45) is 2.53. The van der Waals surface area contributed by atoms with Gasteiger partial charge in [0.15, 0.2) is 0 Å². The molecule has 1 aliphatic rings. The third-order valence-corrected chi connectivity index (χ3v) is 5.12. The van der Waals surface area contributed by atoms with Crippen molar-refractivity contribution in [3.8, 4) is 17.2 Å². The summed E-state index contributed by atoms with van der Waals surface area (Å²) in [6, 6.07) is 9.22. The summed E-state index contributed by atoms with van der Waals surface area (Å²) in [5, 5.41) is 2.48. The normalized spacial score (nSPS) is 13.3. The Hall–Kier alpha value is -3.55. The van der Waals surface area contributed by atoms with Gasteiger partial charge in [0.25, 0.3) is 5.91 Å². The van der Waals surface area contributed by atoms with Crippen LogP contribution in [0.4, 0.5) is 4.39 Å². The molecule has 0 spiro atoms. The van der Waals surface area contributed by atoms with Crippen LogP contribution in [-0.4, -0.2) is 57.7 Å². The van der Waals surface area contributed by atoms with Crippen LogP contribution in [0.5, 0.6) is 17.2 Å². The summed E-state index contributed by atoms with van der Waals surface area (Å²) in [6.45, 7) is 0.645. The van der Waals surface area contributed by atoms with Gasteiger partial charge in [0.2, 0.25) is 5.91 Å². The van der Waals surface area contributed by atoms with Crippen LogP contribution in [-0.2, 0) is 4.79 Å². The number of halogens is 1. The first-order valence-corrected chi connectivity index (χ1v) is 9.78. The molecule has 0 aliphatic carbocycles. The molecule has 0 atom stereocenters. The SMILES string of the molecule is COc1cc(OC)c(C2=CCN(C(=O)CNC(=O)c3ccccc3F)CC2)c(OC)c1. The molecule has 2 amide bonds. The standard InChI is InChI=1S/C23H25FN2O5/c1-29-16-12-19(30-2)22(20(13-16)31-3)15-8-10-26(11-9-15)21(27)14-25-23(28)17-6-4-5-7-18(17)24/h4-8,12-13H,9-11,14H2,1-3H3,(H,25,28). The maximum atomic E-state index is 13.7.